The molecule has 0 fully saturated rings. The van der Waals surface area contributed by atoms with Gasteiger partial charge in [-0.15, -0.1) is 4.83 Å². The number of nitrogens with one attached hydrogen (secondary N) is 2. The van der Waals surface area contributed by atoms with Gasteiger partial charge in [0.1, 0.15) is 28.8 Å². The fourth-order valence-corrected chi connectivity index (χ4v) is 3.38. The third kappa shape index (κ3) is 5.47. The topological polar surface area (TPSA) is 124 Å². The molecule has 0 aliphatic heterocycles. The molecule has 0 atom stereocenters. The summed E-state index contributed by atoms with van der Waals surface area (Å²) in [6.07, 6.45) is 0. The molecule has 0 unspecified atom stereocenters. The summed E-state index contributed by atoms with van der Waals surface area (Å²) in [5, 5.41) is 0. The van der Waals surface area contributed by atoms with Crippen molar-refractivity contribution in [2.45, 2.75) is 11.5 Å². The zero-order chi connectivity index (χ0) is 22.4. The summed E-state index contributed by atoms with van der Waals surface area (Å²) in [5.41, 5.74) is 1.74. The largest absolute Gasteiger partial charge is 0.486 e. The number of hydrogen-bond acceptors (Lipinski definition) is 7. The van der Waals surface area contributed by atoms with Crippen molar-refractivity contribution >= 4 is 21.9 Å². The van der Waals surface area contributed by atoms with Gasteiger partial charge in [-0.2, -0.15) is 0 Å². The molecule has 0 bridgehead atoms. The number of carbonyl (C=O) groups is 2. The summed E-state index contributed by atoms with van der Waals surface area (Å²) < 4.78 is 54.0. The van der Waals surface area contributed by atoms with Gasteiger partial charge in [-0.1, -0.05) is 18.2 Å². The third-order valence-corrected chi connectivity index (χ3v) is 5.21. The molecule has 0 saturated carbocycles. The van der Waals surface area contributed by atoms with E-state index in [2.05, 4.69) is 4.74 Å². The lowest BCUT2D eigenvalue weighted by molar-refractivity contribution is 0.0600. The molecule has 0 aliphatic carbocycles. The molecule has 2 N–H and O–H groups in total. The van der Waals surface area contributed by atoms with Crippen LogP contribution in [0, 0.1) is 5.82 Å². The Balaban J connectivity index is 1.64. The Hall–Kier alpha value is -3.70. The normalized spacial score (nSPS) is 11.0. The second kappa shape index (κ2) is 9.41. The van der Waals surface area contributed by atoms with Gasteiger partial charge in [0, 0.05) is 0 Å². The number of amides is 1. The van der Waals surface area contributed by atoms with E-state index in [1.54, 1.807) is 29.1 Å². The summed E-state index contributed by atoms with van der Waals surface area (Å²) in [6.45, 7) is 0.0502. The highest BCUT2D eigenvalue weighted by Gasteiger charge is 2.23. The highest BCUT2D eigenvalue weighted by Crippen LogP contribution is 2.17. The van der Waals surface area contributed by atoms with Gasteiger partial charge in [0.05, 0.1) is 12.7 Å². The molecule has 162 valence electrons. The molecule has 1 aromatic heterocycles. The standard InChI is InChI=1S/C20H17FN2O7S/c1-28-20(25)13-7-9-16(21)18(11-13)31(26,27)23-22-19(24)17-10-8-15(30-17)12-29-14-5-3-2-4-6-14/h2-11,23H,12H2,1H3,(H,22,24). The number of rotatable bonds is 8. The Bertz CT molecular complexity index is 1190. The van der Waals surface area contributed by atoms with Crippen molar-refractivity contribution in [2.24, 2.45) is 0 Å². The van der Waals surface area contributed by atoms with Gasteiger partial charge in [-0.05, 0) is 42.5 Å². The quantitative estimate of drug-likeness (QED) is 0.401. The molecule has 0 spiro atoms. The van der Waals surface area contributed by atoms with Crippen molar-refractivity contribution in [3.8, 4) is 5.75 Å². The van der Waals surface area contributed by atoms with Crippen molar-refractivity contribution in [3.63, 3.8) is 0 Å². The van der Waals surface area contributed by atoms with Crippen molar-refractivity contribution in [1.29, 1.82) is 0 Å². The second-order valence-corrected chi connectivity index (χ2v) is 7.71. The molecule has 0 aliphatic rings. The fourth-order valence-electron chi connectivity index (χ4n) is 2.43. The molecule has 1 amide bonds. The summed E-state index contributed by atoms with van der Waals surface area (Å²) in [5.74, 6) is -2.14. The van der Waals surface area contributed by atoms with E-state index in [-0.39, 0.29) is 17.9 Å². The van der Waals surface area contributed by atoms with E-state index < -0.39 is 32.6 Å². The molecule has 1 heterocycles. The molecule has 0 saturated heterocycles. The molecule has 31 heavy (non-hydrogen) atoms. The van der Waals surface area contributed by atoms with Gasteiger partial charge in [0.2, 0.25) is 0 Å². The number of ether oxygens (including phenoxy) is 2. The number of halogens is 1. The number of methoxy groups -OCH3 is 1. The lowest BCUT2D eigenvalue weighted by Gasteiger charge is -2.09. The van der Waals surface area contributed by atoms with Crippen molar-refractivity contribution in [1.82, 2.24) is 10.3 Å². The molecular weight excluding hydrogens is 431 g/mol. The van der Waals surface area contributed by atoms with Crippen LogP contribution >= 0.6 is 0 Å². The van der Waals surface area contributed by atoms with Crippen LogP contribution in [0.25, 0.3) is 0 Å². The second-order valence-electron chi connectivity index (χ2n) is 6.06. The first-order valence-electron chi connectivity index (χ1n) is 8.77. The predicted molar refractivity (Wildman–Crippen MR) is 105 cm³/mol. The maximum atomic E-state index is 14.0. The smallest absolute Gasteiger partial charge is 0.337 e. The average Bonchev–Trinajstić information content (AvgIpc) is 3.25. The Labute approximate surface area is 176 Å². The van der Waals surface area contributed by atoms with Crippen LogP contribution < -0.4 is 15.0 Å². The maximum Gasteiger partial charge on any atom is 0.337 e. The van der Waals surface area contributed by atoms with E-state index >= 15 is 0 Å². The van der Waals surface area contributed by atoms with Crippen LogP contribution in [0.4, 0.5) is 4.39 Å². The maximum absolute atomic E-state index is 14.0. The molecule has 2 aromatic carbocycles. The summed E-state index contributed by atoms with van der Waals surface area (Å²) in [6, 6.07) is 14.4. The zero-order valence-corrected chi connectivity index (χ0v) is 16.9. The molecule has 11 heteroatoms. The molecule has 0 radical (unpaired) electrons. The first kappa shape index (κ1) is 22.0. The van der Waals surface area contributed by atoms with Gasteiger partial charge in [0.25, 0.3) is 10.0 Å². The van der Waals surface area contributed by atoms with Gasteiger partial charge >= 0.3 is 11.9 Å². The minimum Gasteiger partial charge on any atom is -0.486 e. The predicted octanol–water partition coefficient (Wildman–Crippen LogP) is 2.41. The minimum atomic E-state index is -4.53. The molecule has 9 nitrogen and oxygen atoms in total. The van der Waals surface area contributed by atoms with Gasteiger partial charge in [-0.3, -0.25) is 10.2 Å². The van der Waals surface area contributed by atoms with E-state index in [4.69, 9.17) is 9.15 Å². The molecular formula is C20H17FN2O7S. The molecule has 3 aromatic rings. The van der Waals surface area contributed by atoms with Crippen molar-refractivity contribution in [3.05, 3.63) is 83.6 Å². The van der Waals surface area contributed by atoms with Crippen LogP contribution in [-0.2, 0) is 21.4 Å². The minimum absolute atomic E-state index is 0.0502. The lowest BCUT2D eigenvalue weighted by atomic mass is 10.2. The van der Waals surface area contributed by atoms with Crippen LogP contribution in [0.3, 0.4) is 0 Å². The summed E-state index contributed by atoms with van der Waals surface area (Å²) in [7, 11) is -3.43. The number of hydrogen-bond donors (Lipinski definition) is 2. The average molecular weight is 448 g/mol. The van der Waals surface area contributed by atoms with E-state index in [0.717, 1.165) is 25.3 Å². The summed E-state index contributed by atoms with van der Waals surface area (Å²) in [4.78, 5) is 24.6. The summed E-state index contributed by atoms with van der Waals surface area (Å²) >= 11 is 0. The van der Waals surface area contributed by atoms with Crippen LogP contribution in [0.15, 0.2) is 70.0 Å². The van der Waals surface area contributed by atoms with Crippen LogP contribution in [0.1, 0.15) is 26.7 Å². The Morgan fingerprint density at radius 2 is 1.81 bits per heavy atom. The Kier molecular flexibility index (Phi) is 6.68. The highest BCUT2D eigenvalue weighted by atomic mass is 32.2. The fraction of sp³-hybridized carbons (Fsp3) is 0.100. The monoisotopic (exact) mass is 448 g/mol. The first-order valence-corrected chi connectivity index (χ1v) is 10.2. The van der Waals surface area contributed by atoms with Crippen molar-refractivity contribution < 1.29 is 36.3 Å². The Morgan fingerprint density at radius 3 is 2.52 bits per heavy atom. The van der Waals surface area contributed by atoms with Crippen LogP contribution in [-0.4, -0.2) is 27.4 Å². The van der Waals surface area contributed by atoms with Gasteiger partial charge in [-0.25, -0.2) is 17.6 Å². The highest BCUT2D eigenvalue weighted by molar-refractivity contribution is 7.89. The van der Waals surface area contributed by atoms with Crippen molar-refractivity contribution in [2.75, 3.05) is 7.11 Å². The first-order chi connectivity index (χ1) is 14.8. The molecule has 3 rings (SSSR count). The number of hydrazine groups is 1. The van der Waals surface area contributed by atoms with E-state index in [9.17, 15) is 22.4 Å². The van der Waals surface area contributed by atoms with Crippen LogP contribution in [0.2, 0.25) is 0 Å². The number of para-hydroxylation sites is 1. The van der Waals surface area contributed by atoms with Gasteiger partial charge in [0.15, 0.2) is 5.76 Å². The van der Waals surface area contributed by atoms with Gasteiger partial charge < -0.3 is 13.9 Å². The third-order valence-electron chi connectivity index (χ3n) is 3.95. The number of sulfonamides is 1. The Morgan fingerprint density at radius 1 is 1.06 bits per heavy atom. The van der Waals surface area contributed by atoms with E-state index in [0.29, 0.717) is 11.5 Å². The number of benzene rings is 2. The van der Waals surface area contributed by atoms with Crippen LogP contribution in [0.5, 0.6) is 5.75 Å². The van der Waals surface area contributed by atoms with E-state index in [1.165, 1.54) is 12.1 Å². The van der Waals surface area contributed by atoms with E-state index in [1.807, 2.05) is 11.5 Å². The zero-order valence-electron chi connectivity index (χ0n) is 16.1. The number of furan rings is 1. The number of carbonyl (C=O) groups excluding carboxylic acids is 2. The SMILES string of the molecule is COC(=O)c1ccc(F)c(S(=O)(=O)NNC(=O)c2ccc(COc3ccccc3)o2)c1. The number of esters is 1. The lowest BCUT2D eigenvalue weighted by Crippen LogP contribution is -2.41.